The summed E-state index contributed by atoms with van der Waals surface area (Å²) in [5.41, 5.74) is 2.87. The van der Waals surface area contributed by atoms with Gasteiger partial charge < -0.3 is 9.16 Å². The normalized spacial score (nSPS) is 28.1. The molecule has 0 spiro atoms. The lowest BCUT2D eigenvalue weighted by atomic mass is 9.75. The topological polar surface area (TPSA) is 18.5 Å². The van der Waals surface area contributed by atoms with E-state index in [-0.39, 0.29) is 12.2 Å². The van der Waals surface area contributed by atoms with Crippen LogP contribution in [0.3, 0.4) is 0 Å². The van der Waals surface area contributed by atoms with Gasteiger partial charge in [0.15, 0.2) is 0 Å². The second kappa shape index (κ2) is 11.7. The summed E-state index contributed by atoms with van der Waals surface area (Å²) < 4.78 is 13.7. The van der Waals surface area contributed by atoms with E-state index < -0.39 is 8.32 Å². The maximum Gasteiger partial charge on any atom is 0.250 e. The van der Waals surface area contributed by atoms with Crippen LogP contribution in [-0.2, 0) is 9.16 Å². The van der Waals surface area contributed by atoms with Gasteiger partial charge in [0.1, 0.15) is 11.9 Å². The molecule has 0 aromatic carbocycles. The van der Waals surface area contributed by atoms with Crippen molar-refractivity contribution in [2.24, 2.45) is 11.8 Å². The van der Waals surface area contributed by atoms with E-state index in [0.717, 1.165) is 12.2 Å². The van der Waals surface area contributed by atoms with Crippen LogP contribution in [0.2, 0.25) is 18.1 Å². The molecule has 0 radical (unpaired) electrons. The first-order valence-electron chi connectivity index (χ1n) is 13.2. The first kappa shape index (κ1) is 24.6. The van der Waals surface area contributed by atoms with Crippen molar-refractivity contribution < 1.29 is 9.16 Å². The summed E-state index contributed by atoms with van der Waals surface area (Å²) >= 11 is 0. The van der Waals surface area contributed by atoms with Crippen molar-refractivity contribution in [2.45, 2.75) is 116 Å². The van der Waals surface area contributed by atoms with Crippen molar-refractivity contribution in [1.82, 2.24) is 0 Å². The van der Waals surface area contributed by atoms with Gasteiger partial charge in [-0.2, -0.15) is 0 Å². The molecule has 0 saturated heterocycles. The Morgan fingerprint density at radius 3 is 2.52 bits per heavy atom. The van der Waals surface area contributed by atoms with E-state index in [9.17, 15) is 0 Å². The SMILES string of the molecule is CCCCCCC/C=C/[C@H]1O[C@H]2C(O[Si](CC)(CC)CC)=CC3=CCC[C@@H]3[C@H]2C=C1C. The third-order valence-corrected chi connectivity index (χ3v) is 12.5. The summed E-state index contributed by atoms with van der Waals surface area (Å²) in [6, 6.07) is 3.52. The molecule has 174 valence electrons. The second-order valence-electron chi connectivity index (χ2n) is 9.88. The molecule has 2 aliphatic carbocycles. The molecule has 0 aromatic heterocycles. The Bertz CT molecular complexity index is 690. The summed E-state index contributed by atoms with van der Waals surface area (Å²) in [6.45, 7) is 11.5. The molecule has 0 unspecified atom stereocenters. The van der Waals surface area contributed by atoms with Gasteiger partial charge in [0.25, 0.3) is 0 Å². The second-order valence-corrected chi connectivity index (χ2v) is 14.6. The summed E-state index contributed by atoms with van der Waals surface area (Å²) in [4.78, 5) is 0. The van der Waals surface area contributed by atoms with E-state index in [1.165, 1.54) is 74.2 Å². The predicted molar refractivity (Wildman–Crippen MR) is 136 cm³/mol. The van der Waals surface area contributed by atoms with Gasteiger partial charge in [-0.1, -0.05) is 77.7 Å². The van der Waals surface area contributed by atoms with Crippen LogP contribution in [0.15, 0.2) is 47.3 Å². The highest BCUT2D eigenvalue weighted by Gasteiger charge is 2.45. The zero-order valence-corrected chi connectivity index (χ0v) is 21.8. The number of rotatable bonds is 12. The van der Waals surface area contributed by atoms with Gasteiger partial charge >= 0.3 is 0 Å². The summed E-state index contributed by atoms with van der Waals surface area (Å²) in [5.74, 6) is 2.18. The fraction of sp³-hybridized carbons (Fsp3) is 0.714. The van der Waals surface area contributed by atoms with Crippen molar-refractivity contribution >= 4 is 8.32 Å². The zero-order chi connectivity index (χ0) is 22.3. The summed E-state index contributed by atoms with van der Waals surface area (Å²) in [6.07, 6.45) is 22.5. The quantitative estimate of drug-likeness (QED) is 0.171. The van der Waals surface area contributed by atoms with Crippen LogP contribution in [0.4, 0.5) is 0 Å². The minimum atomic E-state index is -1.73. The van der Waals surface area contributed by atoms with E-state index in [1.807, 2.05) is 0 Å². The lowest BCUT2D eigenvalue weighted by molar-refractivity contribution is -0.0199. The van der Waals surface area contributed by atoms with Gasteiger partial charge in [0.05, 0.1) is 6.10 Å². The molecule has 0 N–H and O–H groups in total. The molecule has 1 heterocycles. The highest BCUT2D eigenvalue weighted by Crippen LogP contribution is 2.47. The van der Waals surface area contributed by atoms with Crippen molar-refractivity contribution in [3.05, 3.63) is 47.3 Å². The fourth-order valence-electron chi connectivity index (χ4n) is 5.59. The number of unbranched alkanes of at least 4 members (excludes halogenated alkanes) is 5. The number of hydrogen-bond acceptors (Lipinski definition) is 2. The van der Waals surface area contributed by atoms with Gasteiger partial charge in [0, 0.05) is 5.92 Å². The number of fused-ring (bicyclic) bond motifs is 3. The number of ether oxygens (including phenoxy) is 1. The fourth-order valence-corrected chi connectivity index (χ4v) is 8.20. The molecule has 0 amide bonds. The van der Waals surface area contributed by atoms with Crippen molar-refractivity contribution in [2.75, 3.05) is 0 Å². The third-order valence-electron chi connectivity index (χ3n) is 7.94. The molecule has 1 aliphatic heterocycles. The minimum Gasteiger partial charge on any atom is -0.545 e. The number of hydrogen-bond donors (Lipinski definition) is 0. The average Bonchev–Trinajstić information content (AvgIpc) is 3.26. The van der Waals surface area contributed by atoms with E-state index in [1.54, 1.807) is 0 Å². The Kier molecular flexibility index (Phi) is 9.27. The zero-order valence-electron chi connectivity index (χ0n) is 20.8. The van der Waals surface area contributed by atoms with Crippen LogP contribution in [0.1, 0.15) is 86.0 Å². The van der Waals surface area contributed by atoms with Crippen LogP contribution < -0.4 is 0 Å². The maximum atomic E-state index is 6.95. The molecular weight excluding hydrogens is 396 g/mol. The molecule has 0 bridgehead atoms. The molecule has 3 aliphatic rings. The van der Waals surface area contributed by atoms with Crippen molar-refractivity contribution in [3.8, 4) is 0 Å². The number of allylic oxidation sites excluding steroid dienone is 4. The molecule has 0 fully saturated rings. The summed E-state index contributed by atoms with van der Waals surface area (Å²) in [5, 5.41) is 0. The molecule has 2 nitrogen and oxygen atoms in total. The molecule has 0 saturated carbocycles. The first-order chi connectivity index (χ1) is 15.1. The molecule has 0 aromatic rings. The smallest absolute Gasteiger partial charge is 0.250 e. The predicted octanol–water partition coefficient (Wildman–Crippen LogP) is 8.49. The summed E-state index contributed by atoms with van der Waals surface area (Å²) in [7, 11) is -1.73. The van der Waals surface area contributed by atoms with Crippen LogP contribution >= 0.6 is 0 Å². The van der Waals surface area contributed by atoms with Crippen LogP contribution in [0.5, 0.6) is 0 Å². The lowest BCUT2D eigenvalue weighted by Crippen LogP contribution is -2.45. The highest BCUT2D eigenvalue weighted by molar-refractivity contribution is 6.73. The van der Waals surface area contributed by atoms with E-state index in [2.05, 4.69) is 65.0 Å². The Balaban J connectivity index is 1.73. The third kappa shape index (κ3) is 5.84. The Morgan fingerprint density at radius 1 is 1.06 bits per heavy atom. The lowest BCUT2D eigenvalue weighted by Gasteiger charge is -2.44. The average molecular weight is 443 g/mol. The van der Waals surface area contributed by atoms with Gasteiger partial charge in [-0.25, -0.2) is 0 Å². The van der Waals surface area contributed by atoms with E-state index >= 15 is 0 Å². The highest BCUT2D eigenvalue weighted by atomic mass is 28.4. The Hall–Kier alpha value is -1.06. The molecule has 31 heavy (non-hydrogen) atoms. The molecule has 3 rings (SSSR count). The van der Waals surface area contributed by atoms with Gasteiger partial charge in [0.2, 0.25) is 8.32 Å². The van der Waals surface area contributed by atoms with Gasteiger partial charge in [-0.15, -0.1) is 0 Å². The van der Waals surface area contributed by atoms with Crippen molar-refractivity contribution in [3.63, 3.8) is 0 Å². The van der Waals surface area contributed by atoms with E-state index in [4.69, 9.17) is 9.16 Å². The van der Waals surface area contributed by atoms with Gasteiger partial charge in [-0.3, -0.25) is 0 Å². The standard InChI is InChI=1S/C28H46O2Si/c1-6-10-11-12-13-14-15-19-26-22(5)20-25-24-18-16-17-23(24)21-27(28(25)29-26)30-31(7-2,8-3)9-4/h15,17,19-21,24-26,28H,6-14,16,18H2,1-5H3/b19-15+/t24-,25+,26+,28+/m0/s1. The monoisotopic (exact) mass is 442 g/mol. The first-order valence-corrected chi connectivity index (χ1v) is 15.7. The van der Waals surface area contributed by atoms with Crippen molar-refractivity contribution in [1.29, 1.82) is 0 Å². The molecular formula is C28H46O2Si. The van der Waals surface area contributed by atoms with Gasteiger partial charge in [-0.05, 0) is 73.9 Å². The Labute approximate surface area is 193 Å². The molecule has 4 atom stereocenters. The van der Waals surface area contributed by atoms with E-state index in [0.29, 0.717) is 11.8 Å². The largest absolute Gasteiger partial charge is 0.545 e. The van der Waals surface area contributed by atoms with Crippen LogP contribution in [0, 0.1) is 11.8 Å². The Morgan fingerprint density at radius 2 is 1.81 bits per heavy atom. The minimum absolute atomic E-state index is 0.0830. The van der Waals surface area contributed by atoms with Crippen LogP contribution in [-0.4, -0.2) is 20.5 Å². The maximum absolute atomic E-state index is 6.95. The molecule has 3 heteroatoms. The van der Waals surface area contributed by atoms with Crippen LogP contribution in [0.25, 0.3) is 0 Å².